The minimum Gasteiger partial charge on any atom is -0.352 e. The quantitative estimate of drug-likeness (QED) is 0.759. The lowest BCUT2D eigenvalue weighted by Gasteiger charge is -2.33. The highest BCUT2D eigenvalue weighted by molar-refractivity contribution is 6.36. The fraction of sp³-hybridized carbons (Fsp3) is 0.400. The summed E-state index contributed by atoms with van der Waals surface area (Å²) in [6.07, 6.45) is 2.45. The summed E-state index contributed by atoms with van der Waals surface area (Å²) in [6.45, 7) is 2.88. The highest BCUT2D eigenvalue weighted by Gasteiger charge is 2.18. The minimum absolute atomic E-state index is 0.528. The first-order valence-electron chi connectivity index (χ1n) is 4.96. The smallest absolute Gasteiger partial charge is 0.209 e. The van der Waals surface area contributed by atoms with Gasteiger partial charge in [0.1, 0.15) is 5.82 Å². The number of carbonyl (C=O) groups is 1. The Labute approximate surface area is 104 Å². The Morgan fingerprint density at radius 1 is 1.25 bits per heavy atom. The average molecular weight is 260 g/mol. The zero-order chi connectivity index (χ0) is 11.5. The Balaban J connectivity index is 2.11. The van der Waals surface area contributed by atoms with Crippen molar-refractivity contribution in [2.45, 2.75) is 0 Å². The van der Waals surface area contributed by atoms with E-state index in [9.17, 15) is 4.79 Å². The van der Waals surface area contributed by atoms with Crippen molar-refractivity contribution >= 4 is 35.4 Å². The largest absolute Gasteiger partial charge is 0.352 e. The molecular weight excluding hydrogens is 249 g/mol. The van der Waals surface area contributed by atoms with Gasteiger partial charge in [-0.3, -0.25) is 4.79 Å². The predicted molar refractivity (Wildman–Crippen MR) is 64.1 cm³/mol. The van der Waals surface area contributed by atoms with Crippen molar-refractivity contribution in [1.82, 2.24) is 9.88 Å². The van der Waals surface area contributed by atoms with Crippen LogP contribution in [0, 0.1) is 0 Å². The number of piperazine rings is 1. The molecule has 1 fully saturated rings. The maximum Gasteiger partial charge on any atom is 0.209 e. The van der Waals surface area contributed by atoms with E-state index in [2.05, 4.69) is 9.88 Å². The average Bonchev–Trinajstić information content (AvgIpc) is 2.29. The molecule has 1 aliphatic rings. The van der Waals surface area contributed by atoms with Crippen LogP contribution >= 0.6 is 23.2 Å². The van der Waals surface area contributed by atoms with Crippen molar-refractivity contribution in [3.05, 3.63) is 22.3 Å². The Hall–Kier alpha value is -1.000. The molecule has 0 aromatic carbocycles. The molecule has 0 bridgehead atoms. The van der Waals surface area contributed by atoms with Gasteiger partial charge in [-0.1, -0.05) is 23.2 Å². The molecule has 16 heavy (non-hydrogen) atoms. The number of carbonyl (C=O) groups excluding carboxylic acids is 1. The topological polar surface area (TPSA) is 36.4 Å². The molecular formula is C10H11Cl2N3O. The first-order chi connectivity index (χ1) is 7.70. The van der Waals surface area contributed by atoms with Gasteiger partial charge in [0.05, 0.1) is 10.0 Å². The molecule has 0 spiro atoms. The van der Waals surface area contributed by atoms with E-state index in [1.54, 1.807) is 17.2 Å². The Kier molecular flexibility index (Phi) is 3.51. The van der Waals surface area contributed by atoms with Gasteiger partial charge in [0.25, 0.3) is 0 Å². The second-order valence-corrected chi connectivity index (χ2v) is 4.43. The molecule has 1 saturated heterocycles. The van der Waals surface area contributed by atoms with Crippen molar-refractivity contribution in [1.29, 1.82) is 0 Å². The highest BCUT2D eigenvalue weighted by Crippen LogP contribution is 2.26. The van der Waals surface area contributed by atoms with Gasteiger partial charge in [-0.15, -0.1) is 0 Å². The molecule has 0 radical (unpaired) electrons. The van der Waals surface area contributed by atoms with E-state index in [-0.39, 0.29) is 0 Å². The van der Waals surface area contributed by atoms with E-state index in [0.29, 0.717) is 23.1 Å². The zero-order valence-electron chi connectivity index (χ0n) is 8.57. The molecule has 0 N–H and O–H groups in total. The molecule has 0 unspecified atom stereocenters. The summed E-state index contributed by atoms with van der Waals surface area (Å²) in [5.41, 5.74) is 0. The fourth-order valence-corrected chi connectivity index (χ4v) is 2.18. The van der Waals surface area contributed by atoms with Gasteiger partial charge < -0.3 is 9.80 Å². The number of hydrogen-bond acceptors (Lipinski definition) is 3. The van der Waals surface area contributed by atoms with E-state index in [1.807, 2.05) is 0 Å². The van der Waals surface area contributed by atoms with Crippen LogP contribution in [-0.4, -0.2) is 42.5 Å². The third kappa shape index (κ3) is 2.39. The standard InChI is InChI=1S/C10H11Cl2N3O/c11-8-5-9(12)10(13-6-8)15-3-1-14(7-16)2-4-15/h5-7H,1-4H2. The van der Waals surface area contributed by atoms with Gasteiger partial charge in [-0.2, -0.15) is 0 Å². The molecule has 2 heterocycles. The Morgan fingerprint density at radius 3 is 2.50 bits per heavy atom. The highest BCUT2D eigenvalue weighted by atomic mass is 35.5. The van der Waals surface area contributed by atoms with Crippen molar-refractivity contribution in [2.75, 3.05) is 31.1 Å². The summed E-state index contributed by atoms with van der Waals surface area (Å²) in [4.78, 5) is 18.6. The van der Waals surface area contributed by atoms with Gasteiger partial charge in [0.2, 0.25) is 6.41 Å². The van der Waals surface area contributed by atoms with Crippen LogP contribution in [0.15, 0.2) is 12.3 Å². The summed E-state index contributed by atoms with van der Waals surface area (Å²) in [6, 6.07) is 1.68. The summed E-state index contributed by atoms with van der Waals surface area (Å²) < 4.78 is 0. The van der Waals surface area contributed by atoms with Crippen molar-refractivity contribution in [3.8, 4) is 0 Å². The molecule has 1 amide bonds. The minimum atomic E-state index is 0.528. The maximum atomic E-state index is 10.6. The van der Waals surface area contributed by atoms with Crippen LogP contribution in [0.1, 0.15) is 0 Å². The van der Waals surface area contributed by atoms with Gasteiger partial charge in [0.15, 0.2) is 0 Å². The number of pyridine rings is 1. The summed E-state index contributed by atoms with van der Waals surface area (Å²) in [7, 11) is 0. The van der Waals surface area contributed by atoms with Gasteiger partial charge >= 0.3 is 0 Å². The first kappa shape index (κ1) is 11.5. The van der Waals surface area contributed by atoms with Crippen LogP contribution in [0.2, 0.25) is 10.0 Å². The summed E-state index contributed by atoms with van der Waals surface area (Å²) >= 11 is 11.8. The van der Waals surface area contributed by atoms with Crippen LogP contribution in [0.25, 0.3) is 0 Å². The summed E-state index contributed by atoms with van der Waals surface area (Å²) in [5.74, 6) is 0.733. The normalized spacial score (nSPS) is 16.4. The van der Waals surface area contributed by atoms with Crippen molar-refractivity contribution < 1.29 is 4.79 Å². The lowest BCUT2D eigenvalue weighted by molar-refractivity contribution is -0.118. The van der Waals surface area contributed by atoms with Crippen LogP contribution in [0.3, 0.4) is 0 Å². The molecule has 1 aliphatic heterocycles. The summed E-state index contributed by atoms with van der Waals surface area (Å²) in [5, 5.41) is 1.08. The number of hydrogen-bond donors (Lipinski definition) is 0. The monoisotopic (exact) mass is 259 g/mol. The number of amides is 1. The fourth-order valence-electron chi connectivity index (χ4n) is 1.68. The predicted octanol–water partition coefficient (Wildman–Crippen LogP) is 1.67. The molecule has 0 aliphatic carbocycles. The molecule has 0 saturated carbocycles. The second kappa shape index (κ2) is 4.89. The molecule has 1 aromatic heterocycles. The number of nitrogens with zero attached hydrogens (tertiary/aromatic N) is 3. The van der Waals surface area contributed by atoms with E-state index in [4.69, 9.17) is 23.2 Å². The zero-order valence-corrected chi connectivity index (χ0v) is 10.1. The third-order valence-corrected chi connectivity index (χ3v) is 3.04. The Morgan fingerprint density at radius 2 is 1.94 bits per heavy atom. The van der Waals surface area contributed by atoms with Gasteiger partial charge in [-0.25, -0.2) is 4.98 Å². The number of halogens is 2. The van der Waals surface area contributed by atoms with Crippen LogP contribution in [0.4, 0.5) is 5.82 Å². The molecule has 86 valence electrons. The number of rotatable bonds is 2. The van der Waals surface area contributed by atoms with E-state index in [0.717, 1.165) is 25.3 Å². The molecule has 0 atom stereocenters. The maximum absolute atomic E-state index is 10.6. The number of aromatic nitrogens is 1. The van der Waals surface area contributed by atoms with Crippen LogP contribution in [-0.2, 0) is 4.79 Å². The Bertz CT molecular complexity index is 392. The van der Waals surface area contributed by atoms with E-state index < -0.39 is 0 Å². The van der Waals surface area contributed by atoms with Crippen LogP contribution < -0.4 is 4.90 Å². The first-order valence-corrected chi connectivity index (χ1v) is 5.71. The lowest BCUT2D eigenvalue weighted by atomic mass is 10.3. The second-order valence-electron chi connectivity index (χ2n) is 3.59. The molecule has 6 heteroatoms. The number of anilines is 1. The SMILES string of the molecule is O=CN1CCN(c2ncc(Cl)cc2Cl)CC1. The molecule has 2 rings (SSSR count). The lowest BCUT2D eigenvalue weighted by Crippen LogP contribution is -2.46. The van der Waals surface area contributed by atoms with E-state index in [1.165, 1.54) is 0 Å². The molecule has 1 aromatic rings. The van der Waals surface area contributed by atoms with Gasteiger partial charge in [0, 0.05) is 32.4 Å². The van der Waals surface area contributed by atoms with Gasteiger partial charge in [-0.05, 0) is 6.07 Å². The molecule has 4 nitrogen and oxygen atoms in total. The van der Waals surface area contributed by atoms with Crippen LogP contribution in [0.5, 0.6) is 0 Å². The van der Waals surface area contributed by atoms with Crippen molar-refractivity contribution in [3.63, 3.8) is 0 Å². The van der Waals surface area contributed by atoms with E-state index >= 15 is 0 Å². The third-order valence-electron chi connectivity index (χ3n) is 2.55. The van der Waals surface area contributed by atoms with Crippen molar-refractivity contribution in [2.24, 2.45) is 0 Å².